The van der Waals surface area contributed by atoms with Gasteiger partial charge in [0.1, 0.15) is 17.1 Å². The van der Waals surface area contributed by atoms with Gasteiger partial charge in [-0.25, -0.2) is 13.8 Å². The fourth-order valence-corrected chi connectivity index (χ4v) is 3.76. The highest BCUT2D eigenvalue weighted by Crippen LogP contribution is 2.33. The summed E-state index contributed by atoms with van der Waals surface area (Å²) in [5.41, 5.74) is 0.706. The van der Waals surface area contributed by atoms with E-state index in [-0.39, 0.29) is 5.69 Å². The van der Waals surface area contributed by atoms with Crippen molar-refractivity contribution in [3.8, 4) is 5.75 Å². The van der Waals surface area contributed by atoms with Crippen LogP contribution in [-0.4, -0.2) is 27.8 Å². The maximum Gasteiger partial charge on any atom is 0.280 e. The second-order valence-electron chi connectivity index (χ2n) is 7.21. The number of nitrogens with zero attached hydrogens (tertiary/aromatic N) is 3. The van der Waals surface area contributed by atoms with Gasteiger partial charge in [-0.15, -0.1) is 0 Å². The van der Waals surface area contributed by atoms with Crippen LogP contribution in [0.4, 0.5) is 14.5 Å². The van der Waals surface area contributed by atoms with Gasteiger partial charge in [-0.05, 0) is 31.0 Å². The van der Waals surface area contributed by atoms with E-state index < -0.39 is 18.0 Å². The first-order chi connectivity index (χ1) is 14.0. The Labute approximate surface area is 166 Å². The first-order valence-electron chi connectivity index (χ1n) is 9.68. The molecule has 1 saturated carbocycles. The second kappa shape index (κ2) is 8.14. The minimum absolute atomic E-state index is 0.0807. The Kier molecular flexibility index (Phi) is 5.42. The van der Waals surface area contributed by atoms with Gasteiger partial charge in [-0.3, -0.25) is 9.48 Å². The SMILES string of the molecule is COc1cc2nn(C3CCCCC3)cc2cc1NC(=O)c1cccc(C(F)F)n1. The summed E-state index contributed by atoms with van der Waals surface area (Å²) >= 11 is 0. The van der Waals surface area contributed by atoms with E-state index in [0.717, 1.165) is 23.7 Å². The number of anilines is 1. The van der Waals surface area contributed by atoms with Crippen molar-refractivity contribution in [2.75, 3.05) is 12.4 Å². The largest absolute Gasteiger partial charge is 0.494 e. The molecule has 0 saturated heterocycles. The number of hydrogen-bond acceptors (Lipinski definition) is 4. The third kappa shape index (κ3) is 4.06. The van der Waals surface area contributed by atoms with Crippen molar-refractivity contribution in [1.82, 2.24) is 14.8 Å². The molecule has 1 aliphatic carbocycles. The van der Waals surface area contributed by atoms with E-state index in [0.29, 0.717) is 17.5 Å². The van der Waals surface area contributed by atoms with Gasteiger partial charge >= 0.3 is 0 Å². The number of fused-ring (bicyclic) bond motifs is 1. The average molecular weight is 400 g/mol. The van der Waals surface area contributed by atoms with Gasteiger partial charge < -0.3 is 10.1 Å². The van der Waals surface area contributed by atoms with Crippen LogP contribution in [0, 0.1) is 0 Å². The second-order valence-corrected chi connectivity index (χ2v) is 7.21. The van der Waals surface area contributed by atoms with Gasteiger partial charge in [0.15, 0.2) is 0 Å². The minimum Gasteiger partial charge on any atom is -0.494 e. The molecule has 1 aromatic carbocycles. The molecule has 2 aromatic heterocycles. The van der Waals surface area contributed by atoms with Crippen molar-refractivity contribution < 1.29 is 18.3 Å². The van der Waals surface area contributed by atoms with Crippen LogP contribution in [0.5, 0.6) is 5.75 Å². The molecule has 1 amide bonds. The Morgan fingerprint density at radius 2 is 2.03 bits per heavy atom. The molecular formula is C21H22F2N4O2. The fourth-order valence-electron chi connectivity index (χ4n) is 3.76. The Bertz CT molecular complexity index is 1030. The highest BCUT2D eigenvalue weighted by atomic mass is 19.3. The smallest absolute Gasteiger partial charge is 0.280 e. The van der Waals surface area contributed by atoms with Crippen LogP contribution in [0.15, 0.2) is 36.5 Å². The minimum atomic E-state index is -2.74. The lowest BCUT2D eigenvalue weighted by Crippen LogP contribution is -2.15. The zero-order chi connectivity index (χ0) is 20.4. The lowest BCUT2D eigenvalue weighted by Gasteiger charge is -2.21. The molecule has 0 atom stereocenters. The molecule has 3 aromatic rings. The summed E-state index contributed by atoms with van der Waals surface area (Å²) in [6.45, 7) is 0. The maximum absolute atomic E-state index is 12.9. The lowest BCUT2D eigenvalue weighted by molar-refractivity contribution is 0.101. The summed E-state index contributed by atoms with van der Waals surface area (Å²) in [6, 6.07) is 7.92. The number of pyridine rings is 1. The average Bonchev–Trinajstić information content (AvgIpc) is 3.16. The zero-order valence-electron chi connectivity index (χ0n) is 16.1. The molecule has 4 rings (SSSR count). The number of amides is 1. The summed E-state index contributed by atoms with van der Waals surface area (Å²) in [5.74, 6) is -0.130. The number of carbonyl (C=O) groups is 1. The van der Waals surface area contributed by atoms with Gasteiger partial charge in [0.2, 0.25) is 0 Å². The van der Waals surface area contributed by atoms with Crippen molar-refractivity contribution in [2.45, 2.75) is 44.6 Å². The first kappa shape index (κ1) is 19.3. The Hall–Kier alpha value is -3.03. The molecule has 0 unspecified atom stereocenters. The molecule has 8 heteroatoms. The van der Waals surface area contributed by atoms with E-state index in [1.54, 1.807) is 12.1 Å². The van der Waals surface area contributed by atoms with E-state index in [1.165, 1.54) is 44.6 Å². The van der Waals surface area contributed by atoms with E-state index in [1.807, 2.05) is 10.9 Å². The molecule has 1 N–H and O–H groups in total. The molecular weight excluding hydrogens is 378 g/mol. The monoisotopic (exact) mass is 400 g/mol. The molecule has 2 heterocycles. The molecule has 0 spiro atoms. The highest BCUT2D eigenvalue weighted by molar-refractivity contribution is 6.05. The number of ether oxygens (including phenoxy) is 1. The van der Waals surface area contributed by atoms with Crippen LogP contribution in [0.25, 0.3) is 10.9 Å². The number of aromatic nitrogens is 3. The van der Waals surface area contributed by atoms with Crippen LogP contribution >= 0.6 is 0 Å². The topological polar surface area (TPSA) is 69.0 Å². The predicted molar refractivity (Wildman–Crippen MR) is 106 cm³/mol. The molecule has 0 bridgehead atoms. The van der Waals surface area contributed by atoms with Crippen molar-refractivity contribution >= 4 is 22.5 Å². The number of alkyl halides is 2. The van der Waals surface area contributed by atoms with Gasteiger partial charge in [0.05, 0.1) is 24.4 Å². The summed E-state index contributed by atoms with van der Waals surface area (Å²) in [7, 11) is 1.50. The zero-order valence-corrected chi connectivity index (χ0v) is 16.1. The van der Waals surface area contributed by atoms with Crippen LogP contribution in [0.3, 0.4) is 0 Å². The van der Waals surface area contributed by atoms with Crippen molar-refractivity contribution in [2.24, 2.45) is 0 Å². The number of carbonyl (C=O) groups excluding carboxylic acids is 1. The third-order valence-electron chi connectivity index (χ3n) is 5.27. The van der Waals surface area contributed by atoms with Gasteiger partial charge in [-0.2, -0.15) is 5.10 Å². The molecule has 6 nitrogen and oxygen atoms in total. The van der Waals surface area contributed by atoms with Gasteiger partial charge in [-0.1, -0.05) is 25.3 Å². The number of hydrogen-bond donors (Lipinski definition) is 1. The number of rotatable bonds is 5. The van der Waals surface area contributed by atoms with Crippen LogP contribution in [-0.2, 0) is 0 Å². The van der Waals surface area contributed by atoms with Crippen LogP contribution < -0.4 is 10.1 Å². The maximum atomic E-state index is 12.9. The third-order valence-corrected chi connectivity index (χ3v) is 5.27. The van der Waals surface area contributed by atoms with Gasteiger partial charge in [0, 0.05) is 17.6 Å². The van der Waals surface area contributed by atoms with Crippen LogP contribution in [0.1, 0.15) is 60.8 Å². The van der Waals surface area contributed by atoms with Crippen LogP contribution in [0.2, 0.25) is 0 Å². The summed E-state index contributed by atoms with van der Waals surface area (Å²) in [6.07, 6.45) is 5.14. The Morgan fingerprint density at radius 3 is 2.76 bits per heavy atom. The summed E-state index contributed by atoms with van der Waals surface area (Å²) in [5, 5.41) is 8.28. The van der Waals surface area contributed by atoms with Crippen molar-refractivity contribution in [3.05, 3.63) is 47.9 Å². The van der Waals surface area contributed by atoms with E-state index in [4.69, 9.17) is 4.74 Å². The lowest BCUT2D eigenvalue weighted by atomic mass is 9.96. The predicted octanol–water partition coefficient (Wildman–Crippen LogP) is 5.14. The van der Waals surface area contributed by atoms with Crippen molar-refractivity contribution in [3.63, 3.8) is 0 Å². The van der Waals surface area contributed by atoms with E-state index in [2.05, 4.69) is 15.4 Å². The standard InChI is InChI=1S/C21H22F2N4O2/c1-29-19-11-17-13(12-27(26-17)14-6-3-2-4-7-14)10-18(19)25-21(28)16-9-5-8-15(24-16)20(22)23/h5,8-12,14,20H,2-4,6-7H2,1H3,(H,25,28). The molecule has 1 fully saturated rings. The number of methoxy groups -OCH3 is 1. The summed E-state index contributed by atoms with van der Waals surface area (Å²) in [4.78, 5) is 16.3. The molecule has 152 valence electrons. The number of benzene rings is 1. The molecule has 29 heavy (non-hydrogen) atoms. The highest BCUT2D eigenvalue weighted by Gasteiger charge is 2.19. The Morgan fingerprint density at radius 1 is 1.24 bits per heavy atom. The fraction of sp³-hybridized carbons (Fsp3) is 0.381. The quantitative estimate of drug-likeness (QED) is 0.644. The molecule has 0 radical (unpaired) electrons. The van der Waals surface area contributed by atoms with Crippen molar-refractivity contribution in [1.29, 1.82) is 0 Å². The first-order valence-corrected chi connectivity index (χ1v) is 9.68. The normalized spacial score (nSPS) is 15.0. The number of nitrogens with one attached hydrogen (secondary N) is 1. The summed E-state index contributed by atoms with van der Waals surface area (Å²) < 4.78 is 33.1. The van der Waals surface area contributed by atoms with E-state index in [9.17, 15) is 13.6 Å². The Balaban J connectivity index is 1.62. The molecule has 1 aliphatic rings. The van der Waals surface area contributed by atoms with Gasteiger partial charge in [0.25, 0.3) is 12.3 Å². The number of halogens is 2. The van der Waals surface area contributed by atoms with E-state index >= 15 is 0 Å². The molecule has 0 aliphatic heterocycles.